The molecular formula is C18H12F3NO4. The van der Waals surface area contributed by atoms with Crippen molar-refractivity contribution in [1.29, 1.82) is 0 Å². The highest BCUT2D eigenvalue weighted by Gasteiger charge is 2.20. The van der Waals surface area contributed by atoms with Crippen molar-refractivity contribution >= 4 is 16.9 Å². The number of phenols is 1. The lowest BCUT2D eigenvalue weighted by Gasteiger charge is -2.14. The molecule has 5 nitrogen and oxygen atoms in total. The van der Waals surface area contributed by atoms with E-state index in [0.29, 0.717) is 6.07 Å². The SMILES string of the molecule is CCOC(=O)c1cn(-c2ccc(O)cc2F)c2cc(F)c(F)cc2c1=O. The molecule has 0 aliphatic rings. The molecule has 1 aromatic heterocycles. The van der Waals surface area contributed by atoms with Crippen LogP contribution in [-0.4, -0.2) is 22.2 Å². The van der Waals surface area contributed by atoms with Crippen molar-refractivity contribution in [2.24, 2.45) is 0 Å². The van der Waals surface area contributed by atoms with Gasteiger partial charge in [0.25, 0.3) is 0 Å². The van der Waals surface area contributed by atoms with Crippen LogP contribution in [0.2, 0.25) is 0 Å². The normalized spacial score (nSPS) is 10.9. The molecule has 3 rings (SSSR count). The third-order valence-electron chi connectivity index (χ3n) is 3.73. The Balaban J connectivity index is 2.43. The number of rotatable bonds is 3. The average molecular weight is 363 g/mol. The maximum absolute atomic E-state index is 14.3. The summed E-state index contributed by atoms with van der Waals surface area (Å²) in [6.07, 6.45) is 0.996. The van der Waals surface area contributed by atoms with Crippen LogP contribution in [0.15, 0.2) is 41.3 Å². The number of hydrogen-bond acceptors (Lipinski definition) is 4. The van der Waals surface area contributed by atoms with Crippen molar-refractivity contribution in [3.05, 3.63) is 69.8 Å². The number of nitrogens with zero attached hydrogens (tertiary/aromatic N) is 1. The molecule has 0 saturated heterocycles. The fourth-order valence-electron chi connectivity index (χ4n) is 2.56. The number of hydrogen-bond donors (Lipinski definition) is 1. The van der Waals surface area contributed by atoms with Crippen LogP contribution in [0.1, 0.15) is 17.3 Å². The summed E-state index contributed by atoms with van der Waals surface area (Å²) in [5, 5.41) is 9.03. The highest BCUT2D eigenvalue weighted by Crippen LogP contribution is 2.24. The maximum atomic E-state index is 14.3. The highest BCUT2D eigenvalue weighted by atomic mass is 19.2. The van der Waals surface area contributed by atoms with E-state index < -0.39 is 34.4 Å². The minimum absolute atomic E-state index is 0.0122. The van der Waals surface area contributed by atoms with Gasteiger partial charge in [-0.3, -0.25) is 4.79 Å². The number of benzene rings is 2. The van der Waals surface area contributed by atoms with Crippen molar-refractivity contribution in [2.75, 3.05) is 6.61 Å². The largest absolute Gasteiger partial charge is 0.508 e. The number of aromatic hydroxyl groups is 1. The number of pyridine rings is 1. The zero-order valence-electron chi connectivity index (χ0n) is 13.4. The van der Waals surface area contributed by atoms with Gasteiger partial charge in [0.1, 0.15) is 11.3 Å². The molecule has 26 heavy (non-hydrogen) atoms. The Kier molecular flexibility index (Phi) is 4.41. The van der Waals surface area contributed by atoms with Gasteiger partial charge in [-0.25, -0.2) is 18.0 Å². The number of ether oxygens (including phenoxy) is 1. The molecule has 0 amide bonds. The fourth-order valence-corrected chi connectivity index (χ4v) is 2.56. The van der Waals surface area contributed by atoms with Gasteiger partial charge in [0.2, 0.25) is 5.43 Å². The monoisotopic (exact) mass is 363 g/mol. The predicted octanol–water partition coefficient (Wildman–Crippen LogP) is 3.29. The van der Waals surface area contributed by atoms with Crippen molar-refractivity contribution in [2.45, 2.75) is 6.92 Å². The average Bonchev–Trinajstić information content (AvgIpc) is 2.58. The molecule has 134 valence electrons. The molecule has 0 bridgehead atoms. The molecule has 1 N–H and O–H groups in total. The molecule has 1 heterocycles. The third kappa shape index (κ3) is 2.90. The summed E-state index contributed by atoms with van der Waals surface area (Å²) in [6.45, 7) is 1.52. The second-order valence-electron chi connectivity index (χ2n) is 5.38. The highest BCUT2D eigenvalue weighted by molar-refractivity contribution is 5.94. The summed E-state index contributed by atoms with van der Waals surface area (Å²) >= 11 is 0. The number of carbonyl (C=O) groups is 1. The van der Waals surface area contributed by atoms with E-state index in [2.05, 4.69) is 0 Å². The summed E-state index contributed by atoms with van der Waals surface area (Å²) in [5.74, 6) is -4.74. The molecule has 3 aromatic rings. The van der Waals surface area contributed by atoms with Crippen LogP contribution in [0.5, 0.6) is 5.75 Å². The van der Waals surface area contributed by atoms with Gasteiger partial charge in [0.15, 0.2) is 17.5 Å². The maximum Gasteiger partial charge on any atom is 0.343 e. The number of halogens is 3. The molecule has 0 radical (unpaired) electrons. The van der Waals surface area contributed by atoms with E-state index in [0.717, 1.165) is 22.9 Å². The van der Waals surface area contributed by atoms with E-state index in [1.165, 1.54) is 19.1 Å². The first kappa shape index (κ1) is 17.5. The van der Waals surface area contributed by atoms with Crippen LogP contribution >= 0.6 is 0 Å². The Morgan fingerprint density at radius 3 is 2.46 bits per heavy atom. The van der Waals surface area contributed by atoms with Crippen LogP contribution in [0.25, 0.3) is 16.6 Å². The molecule has 0 atom stereocenters. The number of aromatic nitrogens is 1. The number of phenolic OH excluding ortho intramolecular Hbond substituents is 1. The summed E-state index contributed by atoms with van der Waals surface area (Å²) in [5.41, 5.74) is -1.65. The van der Waals surface area contributed by atoms with Gasteiger partial charge in [-0.05, 0) is 25.1 Å². The quantitative estimate of drug-likeness (QED) is 0.725. The number of carbonyl (C=O) groups excluding carboxylic acids is 1. The first-order valence-electron chi connectivity index (χ1n) is 7.54. The summed E-state index contributed by atoms with van der Waals surface area (Å²) in [6, 6.07) is 4.53. The molecule has 0 aliphatic heterocycles. The van der Waals surface area contributed by atoms with Gasteiger partial charge >= 0.3 is 5.97 Å². The van der Waals surface area contributed by atoms with Crippen molar-refractivity contribution < 1.29 is 27.8 Å². The van der Waals surface area contributed by atoms with Crippen LogP contribution in [-0.2, 0) is 4.74 Å². The van der Waals surface area contributed by atoms with E-state index in [-0.39, 0.29) is 28.9 Å². The molecule has 0 saturated carbocycles. The van der Waals surface area contributed by atoms with E-state index in [1.807, 2.05) is 0 Å². The molecule has 0 fully saturated rings. The lowest BCUT2D eigenvalue weighted by atomic mass is 10.1. The zero-order valence-corrected chi connectivity index (χ0v) is 13.4. The topological polar surface area (TPSA) is 68.5 Å². The minimum atomic E-state index is -1.28. The van der Waals surface area contributed by atoms with Crippen molar-refractivity contribution in [3.63, 3.8) is 0 Å². The van der Waals surface area contributed by atoms with E-state index in [1.54, 1.807) is 0 Å². The van der Waals surface area contributed by atoms with Crippen LogP contribution < -0.4 is 5.43 Å². The number of esters is 1. The van der Waals surface area contributed by atoms with Crippen molar-refractivity contribution in [3.8, 4) is 11.4 Å². The fraction of sp³-hybridized carbons (Fsp3) is 0.111. The summed E-state index contributed by atoms with van der Waals surface area (Å²) < 4.78 is 47.4. The van der Waals surface area contributed by atoms with Gasteiger partial charge in [-0.15, -0.1) is 0 Å². The van der Waals surface area contributed by atoms with E-state index in [9.17, 15) is 27.9 Å². The third-order valence-corrected chi connectivity index (χ3v) is 3.73. The van der Waals surface area contributed by atoms with Crippen LogP contribution in [0.4, 0.5) is 13.2 Å². The standard InChI is InChI=1S/C18H12F3NO4/c1-2-26-18(25)11-8-22(15-4-3-9(23)5-14(15)21)16-7-13(20)12(19)6-10(16)17(11)24/h3-8,23H,2H2,1H3. The Labute approximate surface area is 144 Å². The molecule has 0 spiro atoms. The lowest BCUT2D eigenvalue weighted by molar-refractivity contribution is 0.0524. The van der Waals surface area contributed by atoms with Crippen LogP contribution in [0, 0.1) is 17.5 Å². The summed E-state index contributed by atoms with van der Waals surface area (Å²) in [4.78, 5) is 24.5. The minimum Gasteiger partial charge on any atom is -0.508 e. The predicted molar refractivity (Wildman–Crippen MR) is 87.0 cm³/mol. The van der Waals surface area contributed by atoms with Gasteiger partial charge in [-0.2, -0.15) is 0 Å². The molecule has 8 heteroatoms. The molecular weight excluding hydrogens is 351 g/mol. The first-order valence-corrected chi connectivity index (χ1v) is 7.54. The first-order chi connectivity index (χ1) is 12.3. The van der Waals surface area contributed by atoms with Crippen molar-refractivity contribution in [1.82, 2.24) is 4.57 Å². The number of fused-ring (bicyclic) bond motifs is 1. The van der Waals surface area contributed by atoms with Gasteiger partial charge in [0.05, 0.1) is 23.2 Å². The Morgan fingerprint density at radius 2 is 1.81 bits per heavy atom. The van der Waals surface area contributed by atoms with Gasteiger partial charge in [0, 0.05) is 18.3 Å². The Hall–Kier alpha value is -3.29. The van der Waals surface area contributed by atoms with E-state index in [4.69, 9.17) is 4.74 Å². The Morgan fingerprint density at radius 1 is 1.12 bits per heavy atom. The zero-order chi connectivity index (χ0) is 19.0. The van der Waals surface area contributed by atoms with E-state index >= 15 is 0 Å². The summed E-state index contributed by atoms with van der Waals surface area (Å²) in [7, 11) is 0. The van der Waals surface area contributed by atoms with Crippen LogP contribution in [0.3, 0.4) is 0 Å². The molecule has 0 aliphatic carbocycles. The van der Waals surface area contributed by atoms with Gasteiger partial charge in [-0.1, -0.05) is 0 Å². The Bertz CT molecular complexity index is 1090. The smallest absolute Gasteiger partial charge is 0.343 e. The second kappa shape index (κ2) is 6.55. The molecule has 2 aromatic carbocycles. The molecule has 0 unspecified atom stereocenters. The lowest BCUT2D eigenvalue weighted by Crippen LogP contribution is -2.21. The van der Waals surface area contributed by atoms with Gasteiger partial charge < -0.3 is 14.4 Å². The second-order valence-corrected chi connectivity index (χ2v) is 5.38.